The lowest BCUT2D eigenvalue weighted by Crippen LogP contribution is -2.52. The van der Waals surface area contributed by atoms with E-state index in [-0.39, 0.29) is 11.8 Å². The van der Waals surface area contributed by atoms with Crippen LogP contribution < -0.4 is 10.2 Å². The quantitative estimate of drug-likeness (QED) is 0.936. The van der Waals surface area contributed by atoms with E-state index in [0.29, 0.717) is 23.5 Å². The number of nitrogens with zero attached hydrogens (tertiary/aromatic N) is 3. The molecule has 1 N–H and O–H groups in total. The van der Waals surface area contributed by atoms with Crippen molar-refractivity contribution in [1.82, 2.24) is 15.3 Å². The molecule has 3 rings (SSSR count). The zero-order chi connectivity index (χ0) is 15.5. The zero-order valence-corrected chi connectivity index (χ0v) is 13.0. The lowest BCUT2D eigenvalue weighted by molar-refractivity contribution is -0.121. The van der Waals surface area contributed by atoms with E-state index in [1.165, 1.54) is 11.3 Å². The minimum atomic E-state index is -0.497. The molecule has 0 aliphatic carbocycles. The first-order chi connectivity index (χ1) is 10.7. The van der Waals surface area contributed by atoms with Gasteiger partial charge in [0.15, 0.2) is 0 Å². The number of aromatic nitrogens is 2. The summed E-state index contributed by atoms with van der Waals surface area (Å²) in [7, 11) is 0. The summed E-state index contributed by atoms with van der Waals surface area (Å²) >= 11 is 1.29. The van der Waals surface area contributed by atoms with E-state index in [4.69, 9.17) is 0 Å². The van der Waals surface area contributed by atoms with Gasteiger partial charge in [0.05, 0.1) is 23.1 Å². The molecule has 7 heteroatoms. The van der Waals surface area contributed by atoms with E-state index >= 15 is 0 Å². The number of carbonyl (C=O) groups is 2. The number of piperidine rings is 1. The van der Waals surface area contributed by atoms with Gasteiger partial charge < -0.3 is 10.2 Å². The van der Waals surface area contributed by atoms with E-state index < -0.39 is 6.04 Å². The van der Waals surface area contributed by atoms with Crippen LogP contribution in [0.5, 0.6) is 0 Å². The molecular formula is C15H16N4O2S. The maximum absolute atomic E-state index is 12.6. The summed E-state index contributed by atoms with van der Waals surface area (Å²) < 4.78 is 0. The Morgan fingerprint density at radius 1 is 1.50 bits per heavy atom. The fourth-order valence-electron chi connectivity index (χ4n) is 2.52. The first-order valence-electron chi connectivity index (χ1n) is 7.09. The Morgan fingerprint density at radius 2 is 2.36 bits per heavy atom. The van der Waals surface area contributed by atoms with Crippen LogP contribution >= 0.6 is 11.3 Å². The van der Waals surface area contributed by atoms with Gasteiger partial charge in [-0.15, -0.1) is 11.3 Å². The second-order valence-electron chi connectivity index (χ2n) is 5.14. The molecule has 1 aliphatic heterocycles. The summed E-state index contributed by atoms with van der Waals surface area (Å²) in [5, 5.41) is 2.83. The number of anilines is 1. The molecular weight excluding hydrogens is 300 g/mol. The maximum Gasteiger partial charge on any atom is 0.263 e. The lowest BCUT2D eigenvalue weighted by Gasteiger charge is -2.32. The van der Waals surface area contributed by atoms with Crippen LogP contribution in [0.25, 0.3) is 0 Å². The number of aryl methyl sites for hydroxylation is 1. The van der Waals surface area contributed by atoms with E-state index in [1.54, 1.807) is 35.8 Å². The molecule has 6 nitrogen and oxygen atoms in total. The smallest absolute Gasteiger partial charge is 0.263 e. The molecule has 3 heterocycles. The van der Waals surface area contributed by atoms with Crippen LogP contribution in [0.4, 0.5) is 5.69 Å². The normalized spacial score (nSPS) is 18.3. The zero-order valence-electron chi connectivity index (χ0n) is 12.2. The summed E-state index contributed by atoms with van der Waals surface area (Å²) in [5.41, 5.74) is 3.09. The Bertz CT molecular complexity index is 686. The summed E-state index contributed by atoms with van der Waals surface area (Å²) in [6, 6.07) is 3.15. The number of pyridine rings is 1. The van der Waals surface area contributed by atoms with Gasteiger partial charge in [0, 0.05) is 12.7 Å². The Kier molecular flexibility index (Phi) is 4.15. The number of hydrogen-bond donors (Lipinski definition) is 1. The van der Waals surface area contributed by atoms with Crippen LogP contribution in [0.3, 0.4) is 0 Å². The topological polar surface area (TPSA) is 75.2 Å². The maximum atomic E-state index is 12.6. The van der Waals surface area contributed by atoms with E-state index in [0.717, 1.165) is 12.1 Å². The van der Waals surface area contributed by atoms with Gasteiger partial charge in [-0.25, -0.2) is 4.98 Å². The van der Waals surface area contributed by atoms with Crippen molar-refractivity contribution in [2.75, 3.05) is 11.4 Å². The SMILES string of the molecule is Cc1ncsc1C(=O)NC1CCCN(c2cccnc2)C1=O. The third-order valence-electron chi connectivity index (χ3n) is 3.65. The molecule has 22 heavy (non-hydrogen) atoms. The summed E-state index contributed by atoms with van der Waals surface area (Å²) in [5.74, 6) is -0.318. The van der Waals surface area contributed by atoms with Crippen molar-refractivity contribution >= 4 is 28.8 Å². The summed E-state index contributed by atoms with van der Waals surface area (Å²) in [6.07, 6.45) is 4.83. The highest BCUT2D eigenvalue weighted by molar-refractivity contribution is 7.11. The number of nitrogens with one attached hydrogen (secondary N) is 1. The molecule has 0 radical (unpaired) electrons. The van der Waals surface area contributed by atoms with Gasteiger partial charge in [-0.2, -0.15) is 0 Å². The number of thiazole rings is 1. The number of carbonyl (C=O) groups excluding carboxylic acids is 2. The van der Waals surface area contributed by atoms with Gasteiger partial charge in [0.1, 0.15) is 10.9 Å². The van der Waals surface area contributed by atoms with Crippen LogP contribution in [0.1, 0.15) is 28.2 Å². The molecule has 2 aromatic rings. The highest BCUT2D eigenvalue weighted by Gasteiger charge is 2.31. The van der Waals surface area contributed by atoms with Crippen molar-refractivity contribution < 1.29 is 9.59 Å². The molecule has 1 unspecified atom stereocenters. The monoisotopic (exact) mass is 316 g/mol. The average molecular weight is 316 g/mol. The summed E-state index contributed by atoms with van der Waals surface area (Å²) in [6.45, 7) is 2.44. The van der Waals surface area contributed by atoms with Crippen molar-refractivity contribution in [2.24, 2.45) is 0 Å². The van der Waals surface area contributed by atoms with E-state index in [2.05, 4.69) is 15.3 Å². The molecule has 0 aromatic carbocycles. The van der Waals surface area contributed by atoms with Crippen LogP contribution in [0.2, 0.25) is 0 Å². The van der Waals surface area contributed by atoms with Gasteiger partial charge in [-0.05, 0) is 31.9 Å². The van der Waals surface area contributed by atoms with Crippen molar-refractivity contribution in [3.8, 4) is 0 Å². The molecule has 1 saturated heterocycles. The second kappa shape index (κ2) is 6.23. The molecule has 1 aliphatic rings. The largest absolute Gasteiger partial charge is 0.339 e. The minimum absolute atomic E-state index is 0.0882. The highest BCUT2D eigenvalue weighted by Crippen LogP contribution is 2.21. The Balaban J connectivity index is 1.73. The molecule has 2 amide bonds. The van der Waals surface area contributed by atoms with Gasteiger partial charge >= 0.3 is 0 Å². The molecule has 1 fully saturated rings. The minimum Gasteiger partial charge on any atom is -0.339 e. The number of hydrogen-bond acceptors (Lipinski definition) is 5. The van der Waals surface area contributed by atoms with Crippen molar-refractivity contribution in [1.29, 1.82) is 0 Å². The third-order valence-corrected chi connectivity index (χ3v) is 4.58. The molecule has 0 saturated carbocycles. The van der Waals surface area contributed by atoms with Crippen LogP contribution in [-0.2, 0) is 4.79 Å². The van der Waals surface area contributed by atoms with Crippen molar-refractivity contribution in [3.63, 3.8) is 0 Å². The number of amides is 2. The van der Waals surface area contributed by atoms with Crippen LogP contribution in [0.15, 0.2) is 30.0 Å². The average Bonchev–Trinajstić information content (AvgIpc) is 2.96. The molecule has 2 aromatic heterocycles. The third kappa shape index (κ3) is 2.85. The van der Waals surface area contributed by atoms with E-state index in [9.17, 15) is 9.59 Å². The fourth-order valence-corrected chi connectivity index (χ4v) is 3.23. The van der Waals surface area contributed by atoms with Crippen molar-refractivity contribution in [2.45, 2.75) is 25.8 Å². The predicted molar refractivity (Wildman–Crippen MR) is 83.9 cm³/mol. The second-order valence-corrected chi connectivity index (χ2v) is 5.99. The molecule has 0 spiro atoms. The highest BCUT2D eigenvalue weighted by atomic mass is 32.1. The van der Waals surface area contributed by atoms with Gasteiger partial charge in [-0.3, -0.25) is 14.6 Å². The fraction of sp³-hybridized carbons (Fsp3) is 0.333. The van der Waals surface area contributed by atoms with Gasteiger partial charge in [0.2, 0.25) is 5.91 Å². The molecule has 1 atom stereocenters. The van der Waals surface area contributed by atoms with Gasteiger partial charge in [0.25, 0.3) is 5.91 Å². The first kappa shape index (κ1) is 14.6. The molecule has 0 bridgehead atoms. The molecule has 114 valence electrons. The summed E-state index contributed by atoms with van der Waals surface area (Å²) in [4.78, 5) is 35.2. The van der Waals surface area contributed by atoms with Gasteiger partial charge in [-0.1, -0.05) is 0 Å². The number of rotatable bonds is 3. The standard InChI is InChI=1S/C15H16N4O2S/c1-10-13(22-9-17-10)14(20)18-12-5-3-7-19(15(12)21)11-4-2-6-16-8-11/h2,4,6,8-9,12H,3,5,7H2,1H3,(H,18,20). The van der Waals surface area contributed by atoms with Crippen molar-refractivity contribution in [3.05, 3.63) is 40.6 Å². The first-order valence-corrected chi connectivity index (χ1v) is 7.97. The Morgan fingerprint density at radius 3 is 3.05 bits per heavy atom. The van der Waals surface area contributed by atoms with Crippen LogP contribution in [0, 0.1) is 6.92 Å². The van der Waals surface area contributed by atoms with Crippen LogP contribution in [-0.4, -0.2) is 34.4 Å². The lowest BCUT2D eigenvalue weighted by atomic mass is 10.0. The predicted octanol–water partition coefficient (Wildman–Crippen LogP) is 1.77. The Labute approximate surface area is 132 Å². The van der Waals surface area contributed by atoms with E-state index in [1.807, 2.05) is 6.07 Å². The Hall–Kier alpha value is -2.28.